The zero-order valence-electron chi connectivity index (χ0n) is 69.5. The second-order valence-electron chi connectivity index (χ2n) is 31.6. The second-order valence-corrected chi connectivity index (χ2v) is 31.6. The molecule has 1 aliphatic heterocycles. The van der Waals surface area contributed by atoms with E-state index in [-0.39, 0.29) is 16.5 Å². The second kappa shape index (κ2) is 75.3. The maximum atomic E-state index is 12.6. The topological polar surface area (TPSA) is 25.3 Å². The van der Waals surface area contributed by atoms with Crippen LogP contribution in [0.25, 0.3) is 16.9 Å². The number of hydrogen-bond acceptors (Lipinski definition) is 0. The van der Waals surface area contributed by atoms with E-state index in [1.807, 2.05) is 0 Å². The van der Waals surface area contributed by atoms with Gasteiger partial charge in [-0.25, -0.2) is 4.70 Å². The van der Waals surface area contributed by atoms with Gasteiger partial charge in [0.2, 0.25) is 11.4 Å². The fourth-order valence-electron chi connectivity index (χ4n) is 15.5. The Morgan fingerprint density at radius 2 is 0.430 bits per heavy atom. The number of rotatable bonds is 70. The van der Waals surface area contributed by atoms with Crippen LogP contribution in [0, 0.1) is 13.8 Å². The molecule has 2 aromatic rings. The first-order valence-corrected chi connectivity index (χ1v) is 45.6. The van der Waals surface area contributed by atoms with E-state index in [1.54, 1.807) is 38.1 Å². The van der Waals surface area contributed by atoms with Gasteiger partial charge in [0.25, 0.3) is 0 Å². The van der Waals surface area contributed by atoms with Gasteiger partial charge in [-0.3, -0.25) is 0 Å². The number of nitrogens with zero attached hydrogens (tertiary/aromatic N) is 2. The van der Waals surface area contributed by atoms with Crippen LogP contribution in [-0.4, -0.2) is 4.70 Å². The molecule has 0 aromatic heterocycles. The van der Waals surface area contributed by atoms with Crippen LogP contribution in [0.15, 0.2) is 35.9 Å². The molecule has 2 aromatic carbocycles. The zero-order chi connectivity index (χ0) is 72.0. The van der Waals surface area contributed by atoms with Gasteiger partial charge in [-0.15, -0.1) is 0 Å². The van der Waals surface area contributed by atoms with Crippen LogP contribution in [0.5, 0.6) is 0 Å². The summed E-state index contributed by atoms with van der Waals surface area (Å²) in [6.45, 7) is 28.6. The van der Waals surface area contributed by atoms with Crippen LogP contribution in [-0.2, 0) is 55.0 Å². The van der Waals surface area contributed by atoms with Crippen molar-refractivity contribution in [3.63, 3.8) is 0 Å². The van der Waals surface area contributed by atoms with E-state index in [4.69, 9.17) is 0 Å². The summed E-state index contributed by atoms with van der Waals surface area (Å²) in [6, 6.07) is 10.1. The van der Waals surface area contributed by atoms with E-state index < -0.39 is 0 Å². The van der Waals surface area contributed by atoms with Crippen LogP contribution >= 0.6 is 0 Å². The van der Waals surface area contributed by atoms with E-state index in [2.05, 4.69) is 107 Å². The molecule has 0 radical (unpaired) electrons. The van der Waals surface area contributed by atoms with Crippen molar-refractivity contribution in [2.45, 2.75) is 512 Å². The summed E-state index contributed by atoms with van der Waals surface area (Å²) in [4.78, 5) is 0. The number of unbranched alkanes of at least 4 members (excludes halogenated alkanes) is 54. The van der Waals surface area contributed by atoms with Gasteiger partial charge in [-0.2, -0.15) is 12.8 Å². The quantitative estimate of drug-likeness (QED) is 0.0273. The zero-order valence-corrected chi connectivity index (χ0v) is 70.5. The number of aryl methyl sites for hydroxylation is 4. The van der Waals surface area contributed by atoms with Crippen molar-refractivity contribution in [1.82, 2.24) is 0 Å². The predicted molar refractivity (Wildman–Crippen MR) is 451 cm³/mol. The van der Waals surface area contributed by atoms with Crippen LogP contribution in [0.2, 0.25) is 0 Å². The minimum Gasteiger partial charge on any atom is -0.493 e. The molecule has 2 nitrogen and oxygen atoms in total. The molecule has 100 heavy (non-hydrogen) atoms. The van der Waals surface area contributed by atoms with E-state index in [9.17, 15) is 5.53 Å². The molecule has 584 valence electrons. The van der Waals surface area contributed by atoms with Crippen LogP contribution in [0.4, 0.5) is 0 Å². The molecule has 0 saturated heterocycles. The first-order valence-electron chi connectivity index (χ1n) is 45.6. The monoisotopic (exact) mass is 1430 g/mol. The smallest absolute Gasteiger partial charge is 0.493 e. The Labute approximate surface area is 640 Å². The normalized spacial score (nSPS) is 12.1. The van der Waals surface area contributed by atoms with Crippen molar-refractivity contribution in [1.29, 1.82) is 0 Å². The average Bonchev–Trinajstić information content (AvgIpc) is 1.57. The Morgan fingerprint density at radius 1 is 0.240 bits per heavy atom. The first-order chi connectivity index (χ1) is 48.8. The molecule has 0 aliphatic carbocycles. The van der Waals surface area contributed by atoms with E-state index in [0.717, 1.165) is 62.8 Å². The fraction of sp³-hybridized carbons (Fsp3) is 0.814. The Bertz CT molecular complexity index is 2000. The number of benzene rings is 2. The number of hydrogen-bond donors (Lipinski definition) is 0. The summed E-state index contributed by atoms with van der Waals surface area (Å²) >= 11 is 0. The van der Waals surface area contributed by atoms with Crippen molar-refractivity contribution in [3.8, 4) is 0 Å². The molecule has 0 bridgehead atoms. The van der Waals surface area contributed by atoms with Crippen LogP contribution < -0.4 is 0 Å². The maximum absolute atomic E-state index is 12.6. The van der Waals surface area contributed by atoms with Gasteiger partial charge in [0, 0.05) is 22.8 Å². The molecule has 0 unspecified atom stereocenters. The largest absolute Gasteiger partial charge is 2.00 e. The summed E-state index contributed by atoms with van der Waals surface area (Å²) in [5.41, 5.74) is 28.0. The van der Waals surface area contributed by atoms with Gasteiger partial charge in [0.15, 0.2) is 0 Å². The van der Waals surface area contributed by atoms with Crippen LogP contribution in [0.1, 0.15) is 518 Å². The molecule has 0 N–H and O–H groups in total. The van der Waals surface area contributed by atoms with E-state index in [0.29, 0.717) is 0 Å². The summed E-state index contributed by atoms with van der Waals surface area (Å²) in [5.74, 6) is 0. The molecule has 0 spiro atoms. The number of allylic oxidation sites excluding steroid dienone is 2. The van der Waals surface area contributed by atoms with Gasteiger partial charge in [-0.05, 0) is 148 Å². The third-order valence-corrected chi connectivity index (χ3v) is 22.0. The molecular formula is C97H176N2Ni. The fourth-order valence-corrected chi connectivity index (χ4v) is 15.5. The third kappa shape index (κ3) is 52.1. The van der Waals surface area contributed by atoms with Gasteiger partial charge in [0.1, 0.15) is 0 Å². The van der Waals surface area contributed by atoms with Crippen molar-refractivity contribution < 1.29 is 21.2 Å². The Morgan fingerprint density at radius 3 is 0.670 bits per heavy atom. The molecule has 0 fully saturated rings. The predicted octanol–water partition coefficient (Wildman–Crippen LogP) is 34.5. The molecule has 0 amide bonds. The van der Waals surface area contributed by atoms with Gasteiger partial charge in [-0.1, -0.05) is 409 Å². The van der Waals surface area contributed by atoms with Crippen molar-refractivity contribution in [3.05, 3.63) is 99.8 Å². The van der Waals surface area contributed by atoms with Crippen molar-refractivity contribution >= 4 is 11.4 Å². The maximum Gasteiger partial charge on any atom is 2.00 e. The van der Waals surface area contributed by atoms with Crippen LogP contribution in [0.3, 0.4) is 0 Å². The summed E-state index contributed by atoms with van der Waals surface area (Å²) < 4.78 is 1.66. The summed E-state index contributed by atoms with van der Waals surface area (Å²) in [5, 5.41) is 0. The molecule has 0 saturated carbocycles. The molecule has 1 heterocycles. The summed E-state index contributed by atoms with van der Waals surface area (Å²) in [7, 11) is 0. The Kier molecular flexibility index (Phi) is 73.8. The Hall–Kier alpha value is -1.99. The van der Waals surface area contributed by atoms with E-state index >= 15 is 0 Å². The first kappa shape index (κ1) is 98.0. The minimum atomic E-state index is 0. The SMILES string of the molecule is CCCCCCc1cc(C2=CC(CCCCC)=C(c3cc(CCCCCC)c(CCCCC)c(CCCCCC)c3)[N+]2=[N-])cc(CCCCCC)c1CCCCC.[CH2-]CCCCCCCCCCCCCCCCCCCC.[CH2-]CCCCCCCCCCCCCCCCCCCC.[Ni+2]. The molecule has 3 heteroatoms. The summed E-state index contributed by atoms with van der Waals surface area (Å²) in [6.07, 6.45) is 96.9. The minimum absolute atomic E-state index is 0. The average molecular weight is 1430 g/mol. The molecule has 1 aliphatic rings. The van der Waals surface area contributed by atoms with Gasteiger partial charge in [0.05, 0.1) is 0 Å². The van der Waals surface area contributed by atoms with Crippen molar-refractivity contribution in [2.75, 3.05) is 0 Å². The van der Waals surface area contributed by atoms with Gasteiger partial charge < -0.3 is 19.4 Å². The van der Waals surface area contributed by atoms with Crippen molar-refractivity contribution in [2.24, 2.45) is 0 Å². The van der Waals surface area contributed by atoms with Gasteiger partial charge >= 0.3 is 16.5 Å². The molecule has 0 atom stereocenters. The standard InChI is InChI=1S/C55H90N2.2C21H43.Ni/c1-8-15-22-29-33-45-40-50(41-46(34-30-23-16-9-2)52(45)38-27-20-13-6)54-44-49(37-26-19-12-5)55(57(54)56)51-42-47(35-31-24-17-10-3)53(39-28-21-14-7)48(43-51)36-32-25-18-11-4;2*1-3-5-7-9-11-13-15-17-19-21-20-18-16-14-12-10-8-6-4-2;/h40-44H,8-39H2,1-7H3;2*1,3-21H2,2H3;/q;2*-1;+2. The molecule has 3 rings (SSSR count). The Balaban J connectivity index is 0.00000186. The van der Waals surface area contributed by atoms with E-state index in [1.165, 1.54) is 415 Å². The molecular weight excluding hydrogens is 1250 g/mol. The third-order valence-electron chi connectivity index (χ3n) is 22.0.